The molecule has 0 atom stereocenters. The summed E-state index contributed by atoms with van der Waals surface area (Å²) in [4.78, 5) is 2.32. The van der Waals surface area contributed by atoms with Gasteiger partial charge in [0.25, 0.3) is 0 Å². The molecule has 0 bridgehead atoms. The van der Waals surface area contributed by atoms with Crippen LogP contribution in [0.15, 0.2) is 12.1 Å². The number of hydrogen-bond donors (Lipinski definition) is 1. The van der Waals surface area contributed by atoms with Crippen LogP contribution in [0.2, 0.25) is 0 Å². The first-order chi connectivity index (χ1) is 8.47. The summed E-state index contributed by atoms with van der Waals surface area (Å²) in [5.41, 5.74) is 5.48. The second kappa shape index (κ2) is 4.93. The topological polar surface area (TPSA) is 23.5 Å². The van der Waals surface area contributed by atoms with Gasteiger partial charge in [-0.3, -0.25) is 0 Å². The van der Waals surface area contributed by atoms with E-state index in [0.29, 0.717) is 6.61 Å². The van der Waals surface area contributed by atoms with E-state index in [1.54, 1.807) is 0 Å². The van der Waals surface area contributed by atoms with Gasteiger partial charge in [0.15, 0.2) is 0 Å². The highest BCUT2D eigenvalue weighted by Gasteiger charge is 2.37. The standard InChI is InChI=1S/C16H25NO/c1-12-8-14(3)15(9-13(12)2)17(4)10-16(11-18)6-5-7-16/h8-9,18H,5-7,10-11H2,1-4H3. The maximum atomic E-state index is 9.57. The summed E-state index contributed by atoms with van der Waals surface area (Å²) in [6.45, 7) is 7.78. The summed E-state index contributed by atoms with van der Waals surface area (Å²) in [5.74, 6) is 0. The zero-order chi connectivity index (χ0) is 13.3. The highest BCUT2D eigenvalue weighted by Crippen LogP contribution is 2.41. The molecule has 0 aliphatic heterocycles. The molecule has 0 unspecified atom stereocenters. The molecule has 0 heterocycles. The molecule has 0 spiro atoms. The highest BCUT2D eigenvalue weighted by molar-refractivity contribution is 5.56. The van der Waals surface area contributed by atoms with E-state index in [2.05, 4.69) is 44.9 Å². The van der Waals surface area contributed by atoms with Crippen LogP contribution in [0.4, 0.5) is 5.69 Å². The fourth-order valence-electron chi connectivity index (χ4n) is 2.99. The SMILES string of the molecule is Cc1cc(C)c(N(C)CC2(CO)CCC2)cc1C. The van der Waals surface area contributed by atoms with Crippen LogP contribution in [0.1, 0.15) is 36.0 Å². The zero-order valence-corrected chi connectivity index (χ0v) is 12.1. The molecule has 0 saturated heterocycles. The summed E-state index contributed by atoms with van der Waals surface area (Å²) in [6, 6.07) is 4.53. The number of anilines is 1. The lowest BCUT2D eigenvalue weighted by Gasteiger charge is -2.43. The highest BCUT2D eigenvalue weighted by atomic mass is 16.3. The van der Waals surface area contributed by atoms with Gasteiger partial charge in [-0.25, -0.2) is 0 Å². The van der Waals surface area contributed by atoms with E-state index in [1.807, 2.05) is 0 Å². The fourth-order valence-corrected chi connectivity index (χ4v) is 2.99. The first-order valence-electron chi connectivity index (χ1n) is 6.87. The van der Waals surface area contributed by atoms with Crippen molar-refractivity contribution >= 4 is 5.69 Å². The fraction of sp³-hybridized carbons (Fsp3) is 0.625. The Labute approximate surface area is 111 Å². The number of aliphatic hydroxyl groups is 1. The molecule has 100 valence electrons. The van der Waals surface area contributed by atoms with Crippen molar-refractivity contribution in [1.29, 1.82) is 0 Å². The van der Waals surface area contributed by atoms with Gasteiger partial charge in [-0.15, -0.1) is 0 Å². The number of rotatable bonds is 4. The van der Waals surface area contributed by atoms with Gasteiger partial charge >= 0.3 is 0 Å². The minimum Gasteiger partial charge on any atom is -0.396 e. The third-order valence-electron chi connectivity index (χ3n) is 4.55. The molecular weight excluding hydrogens is 222 g/mol. The monoisotopic (exact) mass is 247 g/mol. The third-order valence-corrected chi connectivity index (χ3v) is 4.55. The molecule has 1 aliphatic carbocycles. The Morgan fingerprint density at radius 2 is 1.72 bits per heavy atom. The molecule has 2 heteroatoms. The average Bonchev–Trinajstić information content (AvgIpc) is 2.28. The predicted molar refractivity (Wildman–Crippen MR) is 77.3 cm³/mol. The Morgan fingerprint density at radius 1 is 1.11 bits per heavy atom. The van der Waals surface area contributed by atoms with Crippen molar-refractivity contribution in [2.75, 3.05) is 25.1 Å². The van der Waals surface area contributed by atoms with E-state index in [0.717, 1.165) is 19.4 Å². The van der Waals surface area contributed by atoms with Gasteiger partial charge in [-0.05, 0) is 56.4 Å². The molecule has 0 radical (unpaired) electrons. The van der Waals surface area contributed by atoms with Gasteiger partial charge in [-0.2, -0.15) is 0 Å². The Balaban J connectivity index is 2.18. The van der Waals surface area contributed by atoms with Gasteiger partial charge in [0.1, 0.15) is 0 Å². The minimum absolute atomic E-state index is 0.153. The van der Waals surface area contributed by atoms with Crippen LogP contribution in [-0.4, -0.2) is 25.3 Å². The summed E-state index contributed by atoms with van der Waals surface area (Å²) in [6.07, 6.45) is 3.59. The summed E-state index contributed by atoms with van der Waals surface area (Å²) < 4.78 is 0. The van der Waals surface area contributed by atoms with Gasteiger partial charge in [0.05, 0.1) is 6.61 Å². The second-order valence-corrected chi connectivity index (χ2v) is 6.09. The van der Waals surface area contributed by atoms with Gasteiger partial charge in [-0.1, -0.05) is 12.5 Å². The van der Waals surface area contributed by atoms with Crippen LogP contribution in [0.5, 0.6) is 0 Å². The zero-order valence-electron chi connectivity index (χ0n) is 12.1. The quantitative estimate of drug-likeness (QED) is 0.883. The van der Waals surface area contributed by atoms with Crippen LogP contribution >= 0.6 is 0 Å². The molecule has 18 heavy (non-hydrogen) atoms. The lowest BCUT2D eigenvalue weighted by atomic mass is 9.69. The number of nitrogens with zero attached hydrogens (tertiary/aromatic N) is 1. The summed E-state index contributed by atoms with van der Waals surface area (Å²) >= 11 is 0. The molecular formula is C16H25NO. The largest absolute Gasteiger partial charge is 0.396 e. The molecule has 1 aliphatic rings. The first kappa shape index (κ1) is 13.4. The second-order valence-electron chi connectivity index (χ2n) is 6.09. The van der Waals surface area contributed by atoms with Crippen LogP contribution < -0.4 is 4.90 Å². The molecule has 1 fully saturated rings. The van der Waals surface area contributed by atoms with E-state index in [1.165, 1.54) is 28.8 Å². The van der Waals surface area contributed by atoms with Crippen molar-refractivity contribution in [3.8, 4) is 0 Å². The molecule has 2 nitrogen and oxygen atoms in total. The average molecular weight is 247 g/mol. The van der Waals surface area contributed by atoms with E-state index in [4.69, 9.17) is 0 Å². The van der Waals surface area contributed by atoms with E-state index in [-0.39, 0.29) is 5.41 Å². The van der Waals surface area contributed by atoms with Crippen molar-refractivity contribution in [1.82, 2.24) is 0 Å². The summed E-state index contributed by atoms with van der Waals surface area (Å²) in [7, 11) is 2.15. The molecule has 0 aromatic heterocycles. The maximum absolute atomic E-state index is 9.57. The molecule has 1 aromatic rings. The van der Waals surface area contributed by atoms with Crippen molar-refractivity contribution in [3.05, 3.63) is 28.8 Å². The molecule has 1 saturated carbocycles. The van der Waals surface area contributed by atoms with Gasteiger partial charge in [0.2, 0.25) is 0 Å². The van der Waals surface area contributed by atoms with Crippen molar-refractivity contribution < 1.29 is 5.11 Å². The van der Waals surface area contributed by atoms with E-state index >= 15 is 0 Å². The number of aryl methyl sites for hydroxylation is 3. The molecule has 1 aromatic carbocycles. The number of aliphatic hydroxyl groups excluding tert-OH is 1. The van der Waals surface area contributed by atoms with Gasteiger partial charge in [0, 0.05) is 24.7 Å². The van der Waals surface area contributed by atoms with E-state index in [9.17, 15) is 5.11 Å². The number of hydrogen-bond acceptors (Lipinski definition) is 2. The lowest BCUT2D eigenvalue weighted by Crippen LogP contribution is -2.43. The van der Waals surface area contributed by atoms with Crippen molar-refractivity contribution in [2.45, 2.75) is 40.0 Å². The predicted octanol–water partition coefficient (Wildman–Crippen LogP) is 3.21. The van der Waals surface area contributed by atoms with Crippen molar-refractivity contribution in [3.63, 3.8) is 0 Å². The Kier molecular flexibility index (Phi) is 3.67. The maximum Gasteiger partial charge on any atom is 0.0504 e. The smallest absolute Gasteiger partial charge is 0.0504 e. The minimum atomic E-state index is 0.153. The Morgan fingerprint density at radius 3 is 2.22 bits per heavy atom. The third kappa shape index (κ3) is 2.39. The van der Waals surface area contributed by atoms with Crippen LogP contribution in [0, 0.1) is 26.2 Å². The number of benzene rings is 1. The molecule has 1 N–H and O–H groups in total. The molecule has 0 amide bonds. The molecule has 2 rings (SSSR count). The summed E-state index contributed by atoms with van der Waals surface area (Å²) in [5, 5.41) is 9.57. The van der Waals surface area contributed by atoms with Gasteiger partial charge < -0.3 is 10.0 Å². The van der Waals surface area contributed by atoms with E-state index < -0.39 is 0 Å². The lowest BCUT2D eigenvalue weighted by molar-refractivity contribution is 0.0524. The van der Waals surface area contributed by atoms with Crippen LogP contribution in [-0.2, 0) is 0 Å². The first-order valence-corrected chi connectivity index (χ1v) is 6.87. The van der Waals surface area contributed by atoms with Crippen LogP contribution in [0.3, 0.4) is 0 Å². The van der Waals surface area contributed by atoms with Crippen LogP contribution in [0.25, 0.3) is 0 Å². The van der Waals surface area contributed by atoms with Crippen molar-refractivity contribution in [2.24, 2.45) is 5.41 Å². The normalized spacial score (nSPS) is 17.4. The Bertz CT molecular complexity index is 429. The Hall–Kier alpha value is -1.02.